The SMILES string of the molecule is CCOc1ncc(Cl)c(Nc2ccc3c(c2)cc(OCC(=O)NC)c(=O)n3C)n1. The summed E-state index contributed by atoms with van der Waals surface area (Å²) >= 11 is 6.17. The standard InChI is InChI=1S/C19H20ClN5O4/c1-4-28-19-22-9-13(20)17(24-19)23-12-5-6-14-11(7-12)8-15(18(27)25(14)3)29-10-16(26)21-2/h5-9H,4,10H2,1-3H3,(H,21,26)(H,22,23,24). The van der Waals surface area contributed by atoms with E-state index in [0.717, 1.165) is 5.39 Å². The van der Waals surface area contributed by atoms with Crippen molar-refractivity contribution in [2.75, 3.05) is 25.6 Å². The minimum atomic E-state index is -0.331. The van der Waals surface area contributed by atoms with Gasteiger partial charge in [0.2, 0.25) is 0 Å². The molecular formula is C19H20ClN5O4. The molecule has 0 unspecified atom stereocenters. The highest BCUT2D eigenvalue weighted by Gasteiger charge is 2.12. The van der Waals surface area contributed by atoms with Gasteiger partial charge in [-0.15, -0.1) is 0 Å². The summed E-state index contributed by atoms with van der Waals surface area (Å²) in [6.45, 7) is 2.03. The largest absolute Gasteiger partial charge is 0.478 e. The number of pyridine rings is 1. The van der Waals surface area contributed by atoms with Gasteiger partial charge in [-0.05, 0) is 31.2 Å². The van der Waals surface area contributed by atoms with Crippen molar-refractivity contribution in [2.45, 2.75) is 6.92 Å². The van der Waals surface area contributed by atoms with Crippen LogP contribution in [0, 0.1) is 0 Å². The van der Waals surface area contributed by atoms with Crippen LogP contribution in [0.4, 0.5) is 11.5 Å². The zero-order valence-corrected chi connectivity index (χ0v) is 16.9. The summed E-state index contributed by atoms with van der Waals surface area (Å²) in [4.78, 5) is 32.1. The first kappa shape index (κ1) is 20.4. The second-order valence-corrected chi connectivity index (χ2v) is 6.42. The lowest BCUT2D eigenvalue weighted by Crippen LogP contribution is -2.27. The molecule has 0 radical (unpaired) electrons. The Hall–Kier alpha value is -3.33. The Morgan fingerprint density at radius 1 is 1.28 bits per heavy atom. The Bertz CT molecular complexity index is 1120. The number of aromatic nitrogens is 3. The van der Waals surface area contributed by atoms with Gasteiger partial charge < -0.3 is 24.7 Å². The van der Waals surface area contributed by atoms with E-state index < -0.39 is 0 Å². The quantitative estimate of drug-likeness (QED) is 0.607. The van der Waals surface area contributed by atoms with Crippen LogP contribution in [0.5, 0.6) is 11.8 Å². The fourth-order valence-electron chi connectivity index (χ4n) is 2.62. The normalized spacial score (nSPS) is 10.6. The molecule has 0 spiro atoms. The van der Waals surface area contributed by atoms with Crippen molar-refractivity contribution < 1.29 is 14.3 Å². The molecule has 0 atom stereocenters. The molecule has 9 nitrogen and oxygen atoms in total. The Morgan fingerprint density at radius 3 is 2.79 bits per heavy atom. The average molecular weight is 418 g/mol. The Kier molecular flexibility index (Phi) is 6.18. The van der Waals surface area contributed by atoms with E-state index in [9.17, 15) is 9.59 Å². The van der Waals surface area contributed by atoms with Crippen LogP contribution in [-0.2, 0) is 11.8 Å². The van der Waals surface area contributed by atoms with Crippen LogP contribution in [0.1, 0.15) is 6.92 Å². The van der Waals surface area contributed by atoms with E-state index in [1.165, 1.54) is 17.8 Å². The number of halogens is 1. The Balaban J connectivity index is 1.95. The number of anilines is 2. The number of aryl methyl sites for hydroxylation is 1. The second kappa shape index (κ2) is 8.78. The lowest BCUT2D eigenvalue weighted by molar-refractivity contribution is -0.122. The summed E-state index contributed by atoms with van der Waals surface area (Å²) in [7, 11) is 3.14. The highest BCUT2D eigenvalue weighted by atomic mass is 35.5. The summed E-state index contributed by atoms with van der Waals surface area (Å²) in [5.41, 5.74) is 1.07. The van der Waals surface area contributed by atoms with Gasteiger partial charge in [-0.1, -0.05) is 11.6 Å². The number of ether oxygens (including phenoxy) is 2. The number of benzene rings is 1. The van der Waals surface area contributed by atoms with Crippen molar-refractivity contribution in [3.8, 4) is 11.8 Å². The number of nitrogens with one attached hydrogen (secondary N) is 2. The molecule has 0 aliphatic rings. The minimum absolute atomic E-state index is 0.0828. The molecule has 152 valence electrons. The molecule has 2 aromatic heterocycles. The van der Waals surface area contributed by atoms with Gasteiger partial charge in [0, 0.05) is 25.2 Å². The molecule has 10 heteroatoms. The minimum Gasteiger partial charge on any atom is -0.478 e. The molecular weight excluding hydrogens is 398 g/mol. The third-order valence-corrected chi connectivity index (χ3v) is 4.36. The highest BCUT2D eigenvalue weighted by molar-refractivity contribution is 6.32. The van der Waals surface area contributed by atoms with E-state index in [-0.39, 0.29) is 29.8 Å². The van der Waals surface area contributed by atoms with Gasteiger partial charge >= 0.3 is 6.01 Å². The van der Waals surface area contributed by atoms with Crippen molar-refractivity contribution in [3.63, 3.8) is 0 Å². The maximum atomic E-state index is 12.4. The smallest absolute Gasteiger partial charge is 0.318 e. The van der Waals surface area contributed by atoms with Crippen LogP contribution in [0.25, 0.3) is 10.9 Å². The molecule has 3 rings (SSSR count). The predicted octanol–water partition coefficient (Wildman–Crippen LogP) is 2.25. The number of amides is 1. The van der Waals surface area contributed by atoms with Crippen LogP contribution in [0.2, 0.25) is 5.02 Å². The third-order valence-electron chi connectivity index (χ3n) is 4.09. The molecule has 0 aliphatic heterocycles. The fraction of sp³-hybridized carbons (Fsp3) is 0.263. The van der Waals surface area contributed by atoms with Gasteiger partial charge in [0.15, 0.2) is 18.2 Å². The number of rotatable bonds is 7. The number of carbonyl (C=O) groups excluding carboxylic acids is 1. The van der Waals surface area contributed by atoms with Gasteiger partial charge in [-0.25, -0.2) is 4.98 Å². The Labute approximate surface area is 171 Å². The maximum absolute atomic E-state index is 12.4. The molecule has 2 N–H and O–H groups in total. The molecule has 1 aromatic carbocycles. The number of fused-ring (bicyclic) bond motifs is 1. The third kappa shape index (κ3) is 4.57. The number of likely N-dealkylation sites (N-methyl/N-ethyl adjacent to an activating group) is 1. The van der Waals surface area contributed by atoms with E-state index in [4.69, 9.17) is 21.1 Å². The first-order valence-electron chi connectivity index (χ1n) is 8.82. The molecule has 0 bridgehead atoms. The summed E-state index contributed by atoms with van der Waals surface area (Å²) in [6, 6.07) is 7.22. The summed E-state index contributed by atoms with van der Waals surface area (Å²) in [5, 5.41) is 6.64. The fourth-order valence-corrected chi connectivity index (χ4v) is 2.76. The van der Waals surface area contributed by atoms with Crippen LogP contribution < -0.4 is 25.7 Å². The average Bonchev–Trinajstić information content (AvgIpc) is 2.72. The van der Waals surface area contributed by atoms with E-state index in [1.807, 2.05) is 13.0 Å². The number of hydrogen-bond acceptors (Lipinski definition) is 7. The summed E-state index contributed by atoms with van der Waals surface area (Å²) in [5.74, 6) is 0.149. The van der Waals surface area contributed by atoms with Crippen molar-refractivity contribution in [1.82, 2.24) is 19.9 Å². The van der Waals surface area contributed by atoms with Gasteiger partial charge in [0.05, 0.1) is 18.3 Å². The van der Waals surface area contributed by atoms with E-state index >= 15 is 0 Å². The van der Waals surface area contributed by atoms with Crippen molar-refractivity contribution in [2.24, 2.45) is 7.05 Å². The van der Waals surface area contributed by atoms with Gasteiger partial charge in [-0.3, -0.25) is 9.59 Å². The molecule has 1 amide bonds. The number of carbonyl (C=O) groups is 1. The number of nitrogens with zero attached hydrogens (tertiary/aromatic N) is 3. The zero-order chi connectivity index (χ0) is 21.0. The van der Waals surface area contributed by atoms with Crippen LogP contribution >= 0.6 is 11.6 Å². The zero-order valence-electron chi connectivity index (χ0n) is 16.2. The molecule has 0 fully saturated rings. The van der Waals surface area contributed by atoms with E-state index in [1.54, 1.807) is 25.2 Å². The monoisotopic (exact) mass is 417 g/mol. The second-order valence-electron chi connectivity index (χ2n) is 6.02. The molecule has 29 heavy (non-hydrogen) atoms. The van der Waals surface area contributed by atoms with E-state index in [2.05, 4.69) is 20.6 Å². The molecule has 0 saturated carbocycles. The van der Waals surface area contributed by atoms with Crippen LogP contribution in [0.3, 0.4) is 0 Å². The Morgan fingerprint density at radius 2 is 2.07 bits per heavy atom. The lowest BCUT2D eigenvalue weighted by atomic mass is 10.2. The predicted molar refractivity (Wildman–Crippen MR) is 110 cm³/mol. The lowest BCUT2D eigenvalue weighted by Gasteiger charge is -2.12. The van der Waals surface area contributed by atoms with Crippen LogP contribution in [0.15, 0.2) is 35.3 Å². The van der Waals surface area contributed by atoms with Gasteiger partial charge in [-0.2, -0.15) is 4.98 Å². The van der Waals surface area contributed by atoms with Gasteiger partial charge in [0.25, 0.3) is 11.5 Å². The highest BCUT2D eigenvalue weighted by Crippen LogP contribution is 2.27. The van der Waals surface area contributed by atoms with Crippen molar-refractivity contribution >= 4 is 39.9 Å². The van der Waals surface area contributed by atoms with Crippen molar-refractivity contribution in [3.05, 3.63) is 45.8 Å². The maximum Gasteiger partial charge on any atom is 0.318 e. The summed E-state index contributed by atoms with van der Waals surface area (Å²) in [6.07, 6.45) is 1.46. The first-order valence-corrected chi connectivity index (χ1v) is 9.20. The van der Waals surface area contributed by atoms with Gasteiger partial charge in [0.1, 0.15) is 5.02 Å². The molecule has 0 aliphatic carbocycles. The van der Waals surface area contributed by atoms with E-state index in [0.29, 0.717) is 28.7 Å². The summed E-state index contributed by atoms with van der Waals surface area (Å²) < 4.78 is 12.1. The molecule has 3 aromatic rings. The topological polar surface area (TPSA) is 107 Å². The first-order chi connectivity index (χ1) is 13.9. The molecule has 2 heterocycles. The van der Waals surface area contributed by atoms with Crippen molar-refractivity contribution in [1.29, 1.82) is 0 Å². The molecule has 0 saturated heterocycles. The number of hydrogen-bond donors (Lipinski definition) is 2. The van der Waals surface area contributed by atoms with Crippen LogP contribution in [-0.4, -0.2) is 40.7 Å².